The Balaban J connectivity index is 1.73. The molecule has 0 bridgehead atoms. The molecule has 0 saturated carbocycles. The van der Waals surface area contributed by atoms with E-state index in [0.29, 0.717) is 19.3 Å². The number of likely N-dealkylation sites (tertiary alicyclic amines) is 1. The van der Waals surface area contributed by atoms with Crippen molar-refractivity contribution in [3.63, 3.8) is 0 Å². The topological polar surface area (TPSA) is 92.8 Å². The van der Waals surface area contributed by atoms with Crippen LogP contribution in [0.3, 0.4) is 0 Å². The van der Waals surface area contributed by atoms with Crippen LogP contribution in [0.2, 0.25) is 0 Å². The van der Waals surface area contributed by atoms with E-state index in [0.717, 1.165) is 28.5 Å². The van der Waals surface area contributed by atoms with Crippen LogP contribution in [0, 0.1) is 6.92 Å². The summed E-state index contributed by atoms with van der Waals surface area (Å²) in [5.41, 5.74) is 2.96. The Morgan fingerprint density at radius 1 is 1.06 bits per heavy atom. The zero-order valence-corrected chi connectivity index (χ0v) is 20.5. The molecule has 8 heteroatoms. The predicted octanol–water partition coefficient (Wildman–Crippen LogP) is 3.21. The van der Waals surface area contributed by atoms with Crippen LogP contribution in [0.5, 0.6) is 0 Å². The van der Waals surface area contributed by atoms with Crippen LogP contribution in [-0.2, 0) is 30.3 Å². The Kier molecular flexibility index (Phi) is 8.87. The first kappa shape index (κ1) is 25.5. The summed E-state index contributed by atoms with van der Waals surface area (Å²) in [7, 11) is 1.30. The number of ether oxygens (including phenoxy) is 1. The molecule has 1 saturated heterocycles. The number of carbonyl (C=O) groups excluding carboxylic acids is 4. The van der Waals surface area contributed by atoms with Crippen LogP contribution < -0.4 is 5.32 Å². The van der Waals surface area contributed by atoms with E-state index in [2.05, 4.69) is 5.32 Å². The van der Waals surface area contributed by atoms with Crippen molar-refractivity contribution in [1.29, 1.82) is 0 Å². The molecular formula is C26H30N2O5S. The zero-order chi connectivity index (χ0) is 24.7. The molecule has 1 aliphatic heterocycles. The highest BCUT2D eigenvalue weighted by Gasteiger charge is 2.42. The molecule has 3 unspecified atom stereocenters. The second kappa shape index (κ2) is 11.8. The predicted molar refractivity (Wildman–Crippen MR) is 131 cm³/mol. The summed E-state index contributed by atoms with van der Waals surface area (Å²) in [5.74, 6) is -1.22. The molecule has 3 rings (SSSR count). The lowest BCUT2D eigenvalue weighted by Crippen LogP contribution is -2.48. The molecule has 0 radical (unpaired) electrons. The van der Waals surface area contributed by atoms with Gasteiger partial charge in [-0.05, 0) is 37.3 Å². The average Bonchev–Trinajstić information content (AvgIpc) is 3.27. The third-order valence-corrected chi connectivity index (χ3v) is 6.88. The smallest absolute Gasteiger partial charge is 0.328 e. The van der Waals surface area contributed by atoms with E-state index in [9.17, 15) is 19.2 Å². The van der Waals surface area contributed by atoms with Crippen LogP contribution >= 0.6 is 11.8 Å². The zero-order valence-electron chi connectivity index (χ0n) is 19.7. The summed E-state index contributed by atoms with van der Waals surface area (Å²) in [5, 5.41) is 1.86. The van der Waals surface area contributed by atoms with Crippen molar-refractivity contribution >= 4 is 34.7 Å². The summed E-state index contributed by atoms with van der Waals surface area (Å²) >= 11 is 0.944. The fraction of sp³-hybridized carbons (Fsp3) is 0.385. The van der Waals surface area contributed by atoms with Crippen molar-refractivity contribution < 1.29 is 23.9 Å². The van der Waals surface area contributed by atoms with Gasteiger partial charge in [-0.2, -0.15) is 0 Å². The van der Waals surface area contributed by atoms with Gasteiger partial charge in [0.1, 0.15) is 6.04 Å². The minimum absolute atomic E-state index is 0.174. The van der Waals surface area contributed by atoms with Crippen molar-refractivity contribution in [2.75, 3.05) is 13.7 Å². The molecule has 1 aliphatic rings. The van der Waals surface area contributed by atoms with E-state index in [4.69, 9.17) is 4.74 Å². The fourth-order valence-electron chi connectivity index (χ4n) is 4.23. The lowest BCUT2D eigenvalue weighted by molar-refractivity contribution is -0.152. The number of hydrogen-bond acceptors (Lipinski definition) is 6. The second-order valence-corrected chi connectivity index (χ2v) is 9.73. The lowest BCUT2D eigenvalue weighted by Gasteiger charge is -2.30. The quantitative estimate of drug-likeness (QED) is 0.581. The van der Waals surface area contributed by atoms with Gasteiger partial charge < -0.3 is 15.0 Å². The van der Waals surface area contributed by atoms with Gasteiger partial charge in [-0.15, -0.1) is 0 Å². The number of hydrogen-bond donors (Lipinski definition) is 1. The number of nitrogens with zero attached hydrogens (tertiary/aromatic N) is 1. The number of esters is 1. The Hall–Kier alpha value is -3.13. The van der Waals surface area contributed by atoms with Crippen molar-refractivity contribution in [1.82, 2.24) is 10.2 Å². The highest BCUT2D eigenvalue weighted by molar-refractivity contribution is 8.14. The van der Waals surface area contributed by atoms with Crippen LogP contribution in [0.4, 0.5) is 0 Å². The number of rotatable bonds is 8. The van der Waals surface area contributed by atoms with Crippen molar-refractivity contribution in [2.45, 2.75) is 50.4 Å². The molecule has 1 heterocycles. The van der Waals surface area contributed by atoms with E-state index >= 15 is 0 Å². The molecule has 1 N–H and O–H groups in total. The molecule has 2 aromatic rings. The van der Waals surface area contributed by atoms with Gasteiger partial charge in [0.15, 0.2) is 5.12 Å². The van der Waals surface area contributed by atoms with Crippen LogP contribution in [0.25, 0.3) is 0 Å². The third kappa shape index (κ3) is 6.47. The number of methoxy groups -OCH3 is 1. The van der Waals surface area contributed by atoms with E-state index in [1.807, 2.05) is 61.5 Å². The summed E-state index contributed by atoms with van der Waals surface area (Å²) in [6.07, 6.45) is 1.48. The summed E-state index contributed by atoms with van der Waals surface area (Å²) < 4.78 is 4.93. The number of carbonyl (C=O) groups is 4. The summed E-state index contributed by atoms with van der Waals surface area (Å²) in [4.78, 5) is 51.8. The molecule has 2 amide bonds. The lowest BCUT2D eigenvalue weighted by atomic mass is 10.0. The maximum Gasteiger partial charge on any atom is 0.328 e. The fourth-order valence-corrected chi connectivity index (χ4v) is 5.09. The minimum atomic E-state index is -0.701. The average molecular weight is 483 g/mol. The van der Waals surface area contributed by atoms with Gasteiger partial charge in [0.05, 0.1) is 24.9 Å². The molecule has 34 heavy (non-hydrogen) atoms. The van der Waals surface area contributed by atoms with Crippen LogP contribution in [0.1, 0.15) is 42.5 Å². The minimum Gasteiger partial charge on any atom is -0.467 e. The monoisotopic (exact) mass is 482 g/mol. The van der Waals surface area contributed by atoms with Gasteiger partial charge in [0, 0.05) is 6.92 Å². The number of amides is 2. The van der Waals surface area contributed by atoms with E-state index < -0.39 is 23.2 Å². The number of benzene rings is 2. The Labute approximate surface area is 204 Å². The second-order valence-electron chi connectivity index (χ2n) is 8.35. The molecule has 3 atom stereocenters. The summed E-state index contributed by atoms with van der Waals surface area (Å²) in [6, 6.07) is 16.3. The van der Waals surface area contributed by atoms with E-state index in [-0.39, 0.29) is 23.6 Å². The molecule has 0 spiro atoms. The Bertz CT molecular complexity index is 1030. The van der Waals surface area contributed by atoms with Gasteiger partial charge >= 0.3 is 5.97 Å². The van der Waals surface area contributed by atoms with Crippen molar-refractivity contribution in [3.05, 3.63) is 71.3 Å². The van der Waals surface area contributed by atoms with Crippen LogP contribution in [0.15, 0.2) is 54.6 Å². The number of thioether (sulfide) groups is 1. The SMILES string of the molecule is COC(=O)C1CCC(c2ccc(C)cc2)N1C(=O)CNC(=O)C(Cc1ccccc1)SC(C)=O. The molecule has 0 aromatic heterocycles. The van der Waals surface area contributed by atoms with Crippen molar-refractivity contribution in [2.24, 2.45) is 0 Å². The van der Waals surface area contributed by atoms with Crippen molar-refractivity contribution in [3.8, 4) is 0 Å². The number of nitrogens with one attached hydrogen (secondary N) is 1. The van der Waals surface area contributed by atoms with Gasteiger partial charge in [0.25, 0.3) is 0 Å². The largest absolute Gasteiger partial charge is 0.467 e. The molecule has 7 nitrogen and oxygen atoms in total. The van der Waals surface area contributed by atoms with Gasteiger partial charge in [-0.3, -0.25) is 14.4 Å². The first-order chi connectivity index (χ1) is 16.3. The standard InChI is InChI=1S/C26H30N2O5S/c1-17-9-11-20(12-10-17)21-13-14-22(26(32)33-3)28(21)24(30)16-27-25(31)23(34-18(2)29)15-19-7-5-4-6-8-19/h4-12,21-23H,13-16H2,1-3H3,(H,27,31). The highest BCUT2D eigenvalue weighted by atomic mass is 32.2. The maximum atomic E-state index is 13.3. The van der Waals surface area contributed by atoms with Gasteiger partial charge in [-0.1, -0.05) is 71.9 Å². The molecule has 0 aliphatic carbocycles. The van der Waals surface area contributed by atoms with Crippen LogP contribution in [-0.4, -0.2) is 52.7 Å². The first-order valence-electron chi connectivity index (χ1n) is 11.2. The molecule has 1 fully saturated rings. The maximum absolute atomic E-state index is 13.3. The molecule has 180 valence electrons. The number of aryl methyl sites for hydroxylation is 1. The van der Waals surface area contributed by atoms with Gasteiger partial charge in [0.2, 0.25) is 11.8 Å². The molecule has 2 aromatic carbocycles. The van der Waals surface area contributed by atoms with E-state index in [1.54, 1.807) is 0 Å². The first-order valence-corrected chi connectivity index (χ1v) is 12.1. The molecular weight excluding hydrogens is 452 g/mol. The Morgan fingerprint density at radius 3 is 2.35 bits per heavy atom. The highest BCUT2D eigenvalue weighted by Crippen LogP contribution is 2.36. The third-order valence-electron chi connectivity index (χ3n) is 5.89. The summed E-state index contributed by atoms with van der Waals surface area (Å²) in [6.45, 7) is 3.13. The Morgan fingerprint density at radius 2 is 1.74 bits per heavy atom. The van der Waals surface area contributed by atoms with Gasteiger partial charge in [-0.25, -0.2) is 4.79 Å². The van der Waals surface area contributed by atoms with E-state index in [1.165, 1.54) is 18.9 Å². The normalized spacial score (nSPS) is 18.3.